The van der Waals surface area contributed by atoms with Gasteiger partial charge in [-0.2, -0.15) is 0 Å². The predicted octanol–water partition coefficient (Wildman–Crippen LogP) is 3.80. The van der Waals surface area contributed by atoms with Crippen molar-refractivity contribution in [3.63, 3.8) is 0 Å². The molecule has 0 unspecified atom stereocenters. The molecular formula is C16H30IN3OS. The second-order valence-corrected chi connectivity index (χ2v) is 6.15. The van der Waals surface area contributed by atoms with Crippen LogP contribution in [0.4, 0.5) is 0 Å². The lowest BCUT2D eigenvalue weighted by Crippen LogP contribution is -2.37. The summed E-state index contributed by atoms with van der Waals surface area (Å²) in [7, 11) is 1.80. The Hall–Kier alpha value is -0.340. The Labute approximate surface area is 156 Å². The summed E-state index contributed by atoms with van der Waals surface area (Å²) in [5.74, 6) is 0.856. The standard InChI is InChI=1S/C16H29N3OS.HI/c1-4-6-11-20-12-7-10-18-16(17-3)19-13-15-9-8-14(5-2)21-15;/h8-9H,4-7,10-13H2,1-3H3,(H2,17,18,19);1H. The summed E-state index contributed by atoms with van der Waals surface area (Å²) in [6.45, 7) is 7.77. The molecule has 1 heterocycles. The number of unbranched alkanes of at least 4 members (excludes halogenated alkanes) is 1. The van der Waals surface area contributed by atoms with E-state index in [0.717, 1.165) is 51.5 Å². The van der Waals surface area contributed by atoms with Gasteiger partial charge in [-0.15, -0.1) is 35.3 Å². The van der Waals surface area contributed by atoms with Gasteiger partial charge in [0.05, 0.1) is 6.54 Å². The molecule has 2 N–H and O–H groups in total. The summed E-state index contributed by atoms with van der Waals surface area (Å²) in [5, 5.41) is 6.66. The van der Waals surface area contributed by atoms with Gasteiger partial charge in [0.1, 0.15) is 0 Å². The molecule has 0 amide bonds. The van der Waals surface area contributed by atoms with Crippen LogP contribution in [0.15, 0.2) is 17.1 Å². The Bertz CT molecular complexity index is 410. The summed E-state index contributed by atoms with van der Waals surface area (Å²) in [6.07, 6.45) is 4.45. The number of thiophene rings is 1. The number of hydrogen-bond donors (Lipinski definition) is 2. The molecule has 0 radical (unpaired) electrons. The lowest BCUT2D eigenvalue weighted by Gasteiger charge is -2.11. The van der Waals surface area contributed by atoms with Crippen LogP contribution in [0.25, 0.3) is 0 Å². The summed E-state index contributed by atoms with van der Waals surface area (Å²) in [6, 6.07) is 4.39. The van der Waals surface area contributed by atoms with Crippen molar-refractivity contribution in [3.05, 3.63) is 21.9 Å². The van der Waals surface area contributed by atoms with E-state index in [4.69, 9.17) is 4.74 Å². The summed E-state index contributed by atoms with van der Waals surface area (Å²) in [4.78, 5) is 7.01. The molecule has 0 aliphatic carbocycles. The number of nitrogens with zero attached hydrogens (tertiary/aromatic N) is 1. The first kappa shape index (κ1) is 21.7. The highest BCUT2D eigenvalue weighted by Gasteiger charge is 2.01. The average Bonchev–Trinajstić information content (AvgIpc) is 2.97. The fraction of sp³-hybridized carbons (Fsp3) is 0.688. The van der Waals surface area contributed by atoms with Gasteiger partial charge in [0.25, 0.3) is 0 Å². The summed E-state index contributed by atoms with van der Waals surface area (Å²) >= 11 is 1.86. The number of hydrogen-bond acceptors (Lipinski definition) is 3. The van der Waals surface area contributed by atoms with Crippen molar-refractivity contribution in [2.24, 2.45) is 4.99 Å². The van der Waals surface area contributed by atoms with Gasteiger partial charge < -0.3 is 15.4 Å². The van der Waals surface area contributed by atoms with E-state index in [1.165, 1.54) is 16.2 Å². The van der Waals surface area contributed by atoms with Crippen molar-refractivity contribution < 1.29 is 4.74 Å². The van der Waals surface area contributed by atoms with Gasteiger partial charge in [-0.3, -0.25) is 4.99 Å². The van der Waals surface area contributed by atoms with E-state index in [9.17, 15) is 0 Å². The van der Waals surface area contributed by atoms with E-state index in [1.54, 1.807) is 7.05 Å². The SMILES string of the molecule is CCCCOCCCNC(=NC)NCc1ccc(CC)s1.I. The predicted molar refractivity (Wildman–Crippen MR) is 108 cm³/mol. The van der Waals surface area contributed by atoms with Gasteiger partial charge in [0, 0.05) is 36.6 Å². The molecule has 128 valence electrons. The molecule has 4 nitrogen and oxygen atoms in total. The highest BCUT2D eigenvalue weighted by atomic mass is 127. The van der Waals surface area contributed by atoms with E-state index in [0.29, 0.717) is 0 Å². The number of aryl methyl sites for hydroxylation is 1. The van der Waals surface area contributed by atoms with Crippen molar-refractivity contribution >= 4 is 41.3 Å². The van der Waals surface area contributed by atoms with Crippen LogP contribution >= 0.6 is 35.3 Å². The lowest BCUT2D eigenvalue weighted by molar-refractivity contribution is 0.129. The van der Waals surface area contributed by atoms with Crippen molar-refractivity contribution in [1.29, 1.82) is 0 Å². The number of nitrogens with one attached hydrogen (secondary N) is 2. The van der Waals surface area contributed by atoms with Gasteiger partial charge in [0.2, 0.25) is 0 Å². The van der Waals surface area contributed by atoms with E-state index < -0.39 is 0 Å². The second-order valence-electron chi connectivity index (χ2n) is 4.89. The molecule has 1 aromatic heterocycles. The van der Waals surface area contributed by atoms with E-state index >= 15 is 0 Å². The van der Waals surface area contributed by atoms with Crippen molar-refractivity contribution in [3.8, 4) is 0 Å². The number of aliphatic imine (C=N–C) groups is 1. The van der Waals surface area contributed by atoms with Crippen LogP contribution in [0.3, 0.4) is 0 Å². The minimum Gasteiger partial charge on any atom is -0.381 e. The molecule has 0 bridgehead atoms. The summed E-state index contributed by atoms with van der Waals surface area (Å²) in [5.41, 5.74) is 0. The molecule has 6 heteroatoms. The molecule has 0 aliphatic rings. The third kappa shape index (κ3) is 9.63. The Balaban J connectivity index is 0.00000441. The smallest absolute Gasteiger partial charge is 0.191 e. The van der Waals surface area contributed by atoms with Crippen LogP contribution in [-0.2, 0) is 17.7 Å². The van der Waals surface area contributed by atoms with Crippen molar-refractivity contribution in [1.82, 2.24) is 10.6 Å². The topological polar surface area (TPSA) is 45.6 Å². The number of guanidine groups is 1. The monoisotopic (exact) mass is 439 g/mol. The zero-order chi connectivity index (χ0) is 15.3. The first-order valence-corrected chi connectivity index (χ1v) is 8.71. The zero-order valence-electron chi connectivity index (χ0n) is 14.0. The largest absolute Gasteiger partial charge is 0.381 e. The Morgan fingerprint density at radius 2 is 1.86 bits per heavy atom. The fourth-order valence-corrected chi connectivity index (χ4v) is 2.73. The molecule has 0 aromatic carbocycles. The van der Waals surface area contributed by atoms with Gasteiger partial charge >= 0.3 is 0 Å². The fourth-order valence-electron chi connectivity index (χ4n) is 1.83. The normalized spacial score (nSPS) is 11.1. The molecule has 0 aliphatic heterocycles. The van der Waals surface area contributed by atoms with Crippen molar-refractivity contribution in [2.45, 2.75) is 46.1 Å². The van der Waals surface area contributed by atoms with Crippen LogP contribution in [0.2, 0.25) is 0 Å². The Kier molecular flexibility index (Phi) is 14.0. The molecule has 0 atom stereocenters. The first-order valence-electron chi connectivity index (χ1n) is 7.90. The minimum atomic E-state index is 0. The molecule has 22 heavy (non-hydrogen) atoms. The molecule has 0 spiro atoms. The van der Waals surface area contributed by atoms with Crippen LogP contribution in [0, 0.1) is 0 Å². The second kappa shape index (κ2) is 14.3. The van der Waals surface area contributed by atoms with Gasteiger partial charge in [-0.05, 0) is 31.4 Å². The van der Waals surface area contributed by atoms with Gasteiger partial charge in [-0.25, -0.2) is 0 Å². The Morgan fingerprint density at radius 3 is 2.50 bits per heavy atom. The van der Waals surface area contributed by atoms with E-state index in [-0.39, 0.29) is 24.0 Å². The third-order valence-electron chi connectivity index (χ3n) is 3.12. The van der Waals surface area contributed by atoms with Gasteiger partial charge in [0.15, 0.2) is 5.96 Å². The molecule has 0 saturated carbocycles. The molecule has 1 rings (SSSR count). The molecule has 1 aromatic rings. The highest BCUT2D eigenvalue weighted by molar-refractivity contribution is 14.0. The maximum Gasteiger partial charge on any atom is 0.191 e. The maximum atomic E-state index is 5.54. The summed E-state index contributed by atoms with van der Waals surface area (Å²) < 4.78 is 5.54. The average molecular weight is 439 g/mol. The van der Waals surface area contributed by atoms with Crippen LogP contribution < -0.4 is 10.6 Å². The highest BCUT2D eigenvalue weighted by Crippen LogP contribution is 2.16. The zero-order valence-corrected chi connectivity index (χ0v) is 17.1. The maximum absolute atomic E-state index is 5.54. The van der Waals surface area contributed by atoms with Crippen LogP contribution in [-0.4, -0.2) is 32.8 Å². The number of ether oxygens (including phenoxy) is 1. The Morgan fingerprint density at radius 1 is 1.14 bits per heavy atom. The first-order chi connectivity index (χ1) is 10.3. The van der Waals surface area contributed by atoms with Crippen LogP contribution in [0.5, 0.6) is 0 Å². The quantitative estimate of drug-likeness (QED) is 0.252. The molecule has 0 fully saturated rings. The van der Waals surface area contributed by atoms with Crippen molar-refractivity contribution in [2.75, 3.05) is 26.8 Å². The third-order valence-corrected chi connectivity index (χ3v) is 4.35. The molecule has 0 saturated heterocycles. The minimum absolute atomic E-state index is 0. The number of halogens is 1. The molecular weight excluding hydrogens is 409 g/mol. The van der Waals surface area contributed by atoms with E-state index in [2.05, 4.69) is 41.6 Å². The lowest BCUT2D eigenvalue weighted by atomic mass is 10.3. The van der Waals surface area contributed by atoms with Crippen LogP contribution in [0.1, 0.15) is 42.9 Å². The van der Waals surface area contributed by atoms with E-state index in [1.807, 2.05) is 11.3 Å². The number of rotatable bonds is 10. The van der Waals surface area contributed by atoms with Gasteiger partial charge in [-0.1, -0.05) is 20.3 Å².